The van der Waals surface area contributed by atoms with Gasteiger partial charge in [0, 0.05) is 6.42 Å². The smallest absolute Gasteiger partial charge is 0.320 e. The van der Waals surface area contributed by atoms with E-state index in [9.17, 15) is 9.59 Å². The van der Waals surface area contributed by atoms with E-state index in [-0.39, 0.29) is 12.8 Å². The third-order valence-corrected chi connectivity index (χ3v) is 0.986. The Hall–Kier alpha value is -1.10. The van der Waals surface area contributed by atoms with Gasteiger partial charge in [0.05, 0.1) is 0 Å². The first-order valence-electron chi connectivity index (χ1n) is 2.74. The van der Waals surface area contributed by atoms with Gasteiger partial charge >= 0.3 is 11.9 Å². The molecule has 0 saturated carbocycles. The van der Waals surface area contributed by atoms with Crippen LogP contribution in [-0.2, 0) is 9.59 Å². The highest BCUT2D eigenvalue weighted by molar-refractivity contribution is 5.74. The van der Waals surface area contributed by atoms with Crippen LogP contribution in [0.1, 0.15) is 12.8 Å². The van der Waals surface area contributed by atoms with E-state index < -0.39 is 18.0 Å². The second-order valence-corrected chi connectivity index (χ2v) is 1.88. The molecule has 0 amide bonds. The average molecular weight is 148 g/mol. The topological polar surface area (TPSA) is 101 Å². The van der Waals surface area contributed by atoms with E-state index in [1.54, 1.807) is 0 Å². The Morgan fingerprint density at radius 1 is 1.40 bits per heavy atom. The molecule has 0 aliphatic heterocycles. The van der Waals surface area contributed by atoms with Crippen molar-refractivity contribution >= 4 is 11.9 Å². The molecule has 10 heavy (non-hydrogen) atoms. The molecular weight excluding hydrogens is 139 g/mol. The van der Waals surface area contributed by atoms with Crippen LogP contribution in [0.3, 0.4) is 0 Å². The fraction of sp³-hybridized carbons (Fsp3) is 0.600. The highest BCUT2D eigenvalue weighted by Crippen LogP contribution is 1.93. The lowest BCUT2D eigenvalue weighted by Crippen LogP contribution is -2.30. The molecule has 5 nitrogen and oxygen atoms in total. The first-order chi connectivity index (χ1) is 4.54. The zero-order chi connectivity index (χ0) is 8.15. The van der Waals surface area contributed by atoms with Crippen molar-refractivity contribution in [2.75, 3.05) is 0 Å². The standard InChI is InChI=1S/C5H9NO4/c6-3(5(9)10)1-2-4(7)8/h3H,1-2,6H2,(H,7,8)(H,9,10)/t3-/m0/s1/i2+1. The fourth-order valence-corrected chi connectivity index (χ4v) is 0.402. The molecule has 0 unspecified atom stereocenters. The van der Waals surface area contributed by atoms with Crippen LogP contribution in [0.2, 0.25) is 0 Å². The van der Waals surface area contributed by atoms with Crippen LogP contribution in [0.5, 0.6) is 0 Å². The van der Waals surface area contributed by atoms with Crippen molar-refractivity contribution in [2.45, 2.75) is 18.9 Å². The molecule has 0 aromatic heterocycles. The number of carboxylic acids is 2. The van der Waals surface area contributed by atoms with Gasteiger partial charge in [-0.15, -0.1) is 0 Å². The third kappa shape index (κ3) is 3.85. The van der Waals surface area contributed by atoms with Crippen molar-refractivity contribution in [3.63, 3.8) is 0 Å². The van der Waals surface area contributed by atoms with Gasteiger partial charge in [-0.2, -0.15) is 0 Å². The molecule has 58 valence electrons. The minimum absolute atomic E-state index is 0.0231. The molecule has 0 spiro atoms. The summed E-state index contributed by atoms with van der Waals surface area (Å²) in [5.74, 6) is -2.20. The Morgan fingerprint density at radius 2 is 1.90 bits per heavy atom. The Bertz CT molecular complexity index is 145. The van der Waals surface area contributed by atoms with E-state index in [0.29, 0.717) is 0 Å². The molecular formula is C5H9NO4. The van der Waals surface area contributed by atoms with Crippen LogP contribution in [0.15, 0.2) is 0 Å². The molecule has 0 radical (unpaired) electrons. The lowest BCUT2D eigenvalue weighted by molar-refractivity contribution is -0.139. The molecule has 0 heterocycles. The number of carbonyl (C=O) groups is 2. The molecule has 5 heteroatoms. The minimum atomic E-state index is -1.17. The molecule has 0 fully saturated rings. The van der Waals surface area contributed by atoms with E-state index in [1.807, 2.05) is 0 Å². The molecule has 0 bridgehead atoms. The number of rotatable bonds is 4. The van der Waals surface area contributed by atoms with Crippen LogP contribution in [0, 0.1) is 0 Å². The largest absolute Gasteiger partial charge is 0.481 e. The molecule has 0 aliphatic carbocycles. The molecule has 0 aromatic rings. The van der Waals surface area contributed by atoms with E-state index in [4.69, 9.17) is 15.9 Å². The van der Waals surface area contributed by atoms with E-state index in [0.717, 1.165) is 0 Å². The van der Waals surface area contributed by atoms with Crippen LogP contribution in [-0.4, -0.2) is 28.2 Å². The van der Waals surface area contributed by atoms with Gasteiger partial charge in [0.15, 0.2) is 0 Å². The Kier molecular flexibility index (Phi) is 3.42. The number of aliphatic carboxylic acids is 2. The van der Waals surface area contributed by atoms with Gasteiger partial charge in [0.2, 0.25) is 0 Å². The summed E-state index contributed by atoms with van der Waals surface area (Å²) in [6.07, 6.45) is -0.224. The number of hydrogen-bond acceptors (Lipinski definition) is 3. The summed E-state index contributed by atoms with van der Waals surface area (Å²) in [7, 11) is 0. The van der Waals surface area contributed by atoms with Gasteiger partial charge in [-0.1, -0.05) is 0 Å². The lowest BCUT2D eigenvalue weighted by Gasteiger charge is -2.01. The number of nitrogens with two attached hydrogens (primary N) is 1. The SMILES string of the molecule is N[C@@H](C[13CH2]C(=O)O)C(=O)O. The number of hydrogen-bond donors (Lipinski definition) is 3. The summed E-state index contributed by atoms with van der Waals surface area (Å²) < 4.78 is 0. The van der Waals surface area contributed by atoms with E-state index in [1.165, 1.54) is 0 Å². The summed E-state index contributed by atoms with van der Waals surface area (Å²) in [6, 6.07) is -1.06. The lowest BCUT2D eigenvalue weighted by atomic mass is 10.3. The highest BCUT2D eigenvalue weighted by Gasteiger charge is 2.12. The second kappa shape index (κ2) is 3.84. The maximum absolute atomic E-state index is 9.99. The third-order valence-electron chi connectivity index (χ3n) is 0.986. The van der Waals surface area contributed by atoms with Crippen molar-refractivity contribution in [3.05, 3.63) is 0 Å². The highest BCUT2D eigenvalue weighted by atomic mass is 16.4. The van der Waals surface area contributed by atoms with Gasteiger partial charge in [0.1, 0.15) is 6.04 Å². The van der Waals surface area contributed by atoms with Crippen LogP contribution < -0.4 is 5.73 Å². The van der Waals surface area contributed by atoms with Crippen molar-refractivity contribution in [1.82, 2.24) is 0 Å². The molecule has 1 atom stereocenters. The Balaban J connectivity index is 3.49. The number of carboxylic acid groups (broad SMARTS) is 2. The Morgan fingerprint density at radius 3 is 2.20 bits per heavy atom. The monoisotopic (exact) mass is 148 g/mol. The van der Waals surface area contributed by atoms with Crippen LogP contribution >= 0.6 is 0 Å². The fourth-order valence-electron chi connectivity index (χ4n) is 0.402. The van der Waals surface area contributed by atoms with E-state index in [2.05, 4.69) is 0 Å². The molecule has 0 aliphatic rings. The van der Waals surface area contributed by atoms with Crippen LogP contribution in [0.4, 0.5) is 0 Å². The second-order valence-electron chi connectivity index (χ2n) is 1.88. The maximum atomic E-state index is 9.99. The maximum Gasteiger partial charge on any atom is 0.320 e. The quantitative estimate of drug-likeness (QED) is 0.456. The predicted octanol–water partition coefficient (Wildman–Crippen LogP) is -0.737. The zero-order valence-electron chi connectivity index (χ0n) is 5.28. The van der Waals surface area contributed by atoms with Crippen molar-refractivity contribution < 1.29 is 19.8 Å². The van der Waals surface area contributed by atoms with Gasteiger partial charge in [0.25, 0.3) is 0 Å². The van der Waals surface area contributed by atoms with Crippen LogP contribution in [0.25, 0.3) is 0 Å². The minimum Gasteiger partial charge on any atom is -0.481 e. The first kappa shape index (κ1) is 8.90. The summed E-state index contributed by atoms with van der Waals surface area (Å²) in [5.41, 5.74) is 5.00. The van der Waals surface area contributed by atoms with Gasteiger partial charge in [-0.3, -0.25) is 9.59 Å². The van der Waals surface area contributed by atoms with E-state index >= 15 is 0 Å². The predicted molar refractivity (Wildman–Crippen MR) is 32.5 cm³/mol. The first-order valence-corrected chi connectivity index (χ1v) is 2.74. The van der Waals surface area contributed by atoms with Gasteiger partial charge in [-0.25, -0.2) is 0 Å². The summed E-state index contributed by atoms with van der Waals surface area (Å²) >= 11 is 0. The summed E-state index contributed by atoms with van der Waals surface area (Å²) in [4.78, 5) is 19.9. The molecule has 4 N–H and O–H groups in total. The Labute approximate surface area is 57.5 Å². The molecule has 0 saturated heterocycles. The summed E-state index contributed by atoms with van der Waals surface area (Å²) in [6.45, 7) is 0. The molecule has 0 aromatic carbocycles. The zero-order valence-corrected chi connectivity index (χ0v) is 5.28. The van der Waals surface area contributed by atoms with Gasteiger partial charge in [-0.05, 0) is 6.42 Å². The van der Waals surface area contributed by atoms with Crippen molar-refractivity contribution in [2.24, 2.45) is 5.73 Å². The van der Waals surface area contributed by atoms with Gasteiger partial charge < -0.3 is 15.9 Å². The molecule has 0 rings (SSSR count). The summed E-state index contributed by atoms with van der Waals surface area (Å²) in [5, 5.41) is 16.3. The average Bonchev–Trinajstić information content (AvgIpc) is 1.82. The van der Waals surface area contributed by atoms with Crippen molar-refractivity contribution in [3.8, 4) is 0 Å². The normalized spacial score (nSPS) is 12.5. The van der Waals surface area contributed by atoms with Crippen molar-refractivity contribution in [1.29, 1.82) is 0 Å².